The van der Waals surface area contributed by atoms with Gasteiger partial charge in [0.1, 0.15) is 0 Å². The molecule has 202 valence electrons. The molecule has 0 aliphatic heterocycles. The normalized spacial score (nSPS) is 17.1. The zero-order valence-electron chi connectivity index (χ0n) is 23.5. The van der Waals surface area contributed by atoms with Gasteiger partial charge in [-0.2, -0.15) is 0 Å². The van der Waals surface area contributed by atoms with Crippen LogP contribution in [0.3, 0.4) is 0 Å². The molecular weight excluding hydrogens is 501 g/mol. The van der Waals surface area contributed by atoms with E-state index in [-0.39, 0.29) is 7.92 Å². The highest BCUT2D eigenvalue weighted by molar-refractivity contribution is 7.67. The van der Waals surface area contributed by atoms with Gasteiger partial charge in [0, 0.05) is 5.69 Å². The van der Waals surface area contributed by atoms with Crippen molar-refractivity contribution in [3.63, 3.8) is 0 Å². The highest BCUT2D eigenvalue weighted by Crippen LogP contribution is 2.57. The van der Waals surface area contributed by atoms with Gasteiger partial charge in [0.05, 0.1) is 0 Å². The first-order valence-corrected chi connectivity index (χ1v) is 16.9. The van der Waals surface area contributed by atoms with E-state index in [1.54, 1.807) is 5.30 Å². The molecule has 5 aromatic rings. The Balaban J connectivity index is 1.56. The first-order chi connectivity index (χ1) is 19.8. The molecule has 5 aromatic carbocycles. The second-order valence-electron chi connectivity index (χ2n) is 12.0. The van der Waals surface area contributed by atoms with E-state index in [2.05, 4.69) is 91.0 Å². The molecule has 0 amide bonds. The average molecular weight is 542 g/mol. The summed E-state index contributed by atoms with van der Waals surface area (Å²) in [5, 5.41) is 7.07. The molecule has 0 unspecified atom stereocenters. The Morgan fingerprint density at radius 2 is 1.10 bits per heavy atom. The van der Waals surface area contributed by atoms with Crippen molar-refractivity contribution in [2.75, 3.05) is 5.73 Å². The standard InChI is InChI=1S/C38H40NP/c39-30-15-11-14-29(26-30)35-24-22-27-12-7-9-20-33(27)37(35)38-34-21-10-8-13-28(34)23-25-36(38)40(31-16-3-1-4-17-31)32-18-5-2-6-19-32/h7-15,20-26,31-32H,1-6,16-19,39H2. The molecule has 1 nitrogen and oxygen atoms in total. The summed E-state index contributed by atoms with van der Waals surface area (Å²) < 4.78 is 0. The Morgan fingerprint density at radius 1 is 0.525 bits per heavy atom. The number of hydrogen-bond acceptors (Lipinski definition) is 1. The molecule has 0 radical (unpaired) electrons. The SMILES string of the molecule is Nc1cccc(-c2ccc3ccccc3c2-c2c(P(C3CCCCC3)C3CCCCC3)ccc3ccccc23)c1. The van der Waals surface area contributed by atoms with Gasteiger partial charge in [0.25, 0.3) is 0 Å². The fourth-order valence-corrected chi connectivity index (χ4v) is 11.6. The Hall–Kier alpha value is -3.15. The number of nitrogens with two attached hydrogens (primary N) is 1. The molecule has 2 N–H and O–H groups in total. The first kappa shape index (κ1) is 25.8. The van der Waals surface area contributed by atoms with E-state index >= 15 is 0 Å². The van der Waals surface area contributed by atoms with E-state index in [1.807, 2.05) is 6.07 Å². The monoisotopic (exact) mass is 541 g/mol. The van der Waals surface area contributed by atoms with Crippen molar-refractivity contribution in [1.29, 1.82) is 0 Å². The second kappa shape index (κ2) is 11.4. The van der Waals surface area contributed by atoms with Gasteiger partial charge >= 0.3 is 0 Å². The van der Waals surface area contributed by atoms with Crippen molar-refractivity contribution in [2.45, 2.75) is 75.5 Å². The van der Waals surface area contributed by atoms with Crippen LogP contribution in [0.25, 0.3) is 43.8 Å². The maximum atomic E-state index is 6.36. The van der Waals surface area contributed by atoms with Crippen LogP contribution in [0.5, 0.6) is 0 Å². The predicted octanol–water partition coefficient (Wildman–Crippen LogP) is 10.7. The molecule has 0 heterocycles. The molecule has 2 aliphatic carbocycles. The van der Waals surface area contributed by atoms with Gasteiger partial charge in [-0.3, -0.25) is 0 Å². The lowest BCUT2D eigenvalue weighted by Crippen LogP contribution is -2.27. The molecule has 0 aromatic heterocycles. The Morgan fingerprint density at radius 3 is 1.73 bits per heavy atom. The average Bonchev–Trinajstić information content (AvgIpc) is 3.02. The van der Waals surface area contributed by atoms with Gasteiger partial charge < -0.3 is 5.73 Å². The van der Waals surface area contributed by atoms with Crippen LogP contribution in [0.15, 0.2) is 97.1 Å². The lowest BCUT2D eigenvalue weighted by molar-refractivity contribution is 0.487. The minimum Gasteiger partial charge on any atom is -0.399 e. The van der Waals surface area contributed by atoms with Crippen LogP contribution in [0.2, 0.25) is 0 Å². The minimum atomic E-state index is -0.277. The zero-order valence-corrected chi connectivity index (χ0v) is 24.4. The molecule has 0 atom stereocenters. The van der Waals surface area contributed by atoms with E-state index in [9.17, 15) is 0 Å². The third-order valence-electron chi connectivity index (χ3n) is 9.50. The van der Waals surface area contributed by atoms with E-state index in [0.29, 0.717) is 0 Å². The summed E-state index contributed by atoms with van der Waals surface area (Å²) in [5.41, 5.74) is 14.3. The van der Waals surface area contributed by atoms with Gasteiger partial charge in [-0.15, -0.1) is 0 Å². The van der Waals surface area contributed by atoms with Gasteiger partial charge in [-0.1, -0.05) is 131 Å². The van der Waals surface area contributed by atoms with Gasteiger partial charge in [0.15, 0.2) is 0 Å². The summed E-state index contributed by atoms with van der Waals surface area (Å²) in [5.74, 6) is 0. The van der Waals surface area contributed by atoms with Crippen molar-refractivity contribution in [3.05, 3.63) is 97.1 Å². The number of rotatable bonds is 5. The topological polar surface area (TPSA) is 26.0 Å². The summed E-state index contributed by atoms with van der Waals surface area (Å²) in [4.78, 5) is 0. The van der Waals surface area contributed by atoms with Crippen LogP contribution < -0.4 is 11.0 Å². The second-order valence-corrected chi connectivity index (χ2v) is 14.8. The molecule has 0 spiro atoms. The van der Waals surface area contributed by atoms with Gasteiger partial charge in [-0.05, 0) is 98.2 Å². The van der Waals surface area contributed by atoms with E-state index in [4.69, 9.17) is 5.73 Å². The summed E-state index contributed by atoms with van der Waals surface area (Å²) in [6, 6.07) is 36.3. The van der Waals surface area contributed by atoms with Gasteiger partial charge in [0.2, 0.25) is 0 Å². The highest BCUT2D eigenvalue weighted by atomic mass is 31.1. The number of hydrogen-bond donors (Lipinski definition) is 1. The van der Waals surface area contributed by atoms with E-state index in [1.165, 1.54) is 108 Å². The van der Waals surface area contributed by atoms with Crippen molar-refractivity contribution < 1.29 is 0 Å². The maximum Gasteiger partial charge on any atom is 0.0320 e. The smallest absolute Gasteiger partial charge is 0.0320 e. The quantitative estimate of drug-likeness (QED) is 0.174. The van der Waals surface area contributed by atoms with Crippen LogP contribution in [-0.4, -0.2) is 11.3 Å². The maximum absolute atomic E-state index is 6.36. The van der Waals surface area contributed by atoms with Crippen LogP contribution in [-0.2, 0) is 0 Å². The predicted molar refractivity (Wildman–Crippen MR) is 177 cm³/mol. The summed E-state index contributed by atoms with van der Waals surface area (Å²) in [6.45, 7) is 0. The van der Waals surface area contributed by atoms with Crippen LogP contribution >= 0.6 is 7.92 Å². The van der Waals surface area contributed by atoms with Gasteiger partial charge in [-0.25, -0.2) is 0 Å². The molecule has 0 bridgehead atoms. The van der Waals surface area contributed by atoms with Crippen molar-refractivity contribution in [3.8, 4) is 22.3 Å². The van der Waals surface area contributed by atoms with Crippen LogP contribution in [0.1, 0.15) is 64.2 Å². The fourth-order valence-electron chi connectivity index (χ4n) is 7.64. The summed E-state index contributed by atoms with van der Waals surface area (Å²) in [6.07, 6.45) is 14.1. The molecule has 2 heteroatoms. The first-order valence-electron chi connectivity index (χ1n) is 15.5. The van der Waals surface area contributed by atoms with E-state index < -0.39 is 0 Å². The van der Waals surface area contributed by atoms with Crippen molar-refractivity contribution >= 4 is 40.5 Å². The number of benzene rings is 5. The lowest BCUT2D eigenvalue weighted by atomic mass is 9.87. The van der Waals surface area contributed by atoms with E-state index in [0.717, 1.165) is 17.0 Å². The third kappa shape index (κ3) is 4.84. The molecule has 2 saturated carbocycles. The Bertz CT molecular complexity index is 1620. The number of nitrogen functional groups attached to an aromatic ring is 1. The number of fused-ring (bicyclic) bond motifs is 2. The molecule has 7 rings (SSSR count). The molecular formula is C38H40NP. The minimum absolute atomic E-state index is 0.277. The van der Waals surface area contributed by atoms with Crippen LogP contribution in [0.4, 0.5) is 5.69 Å². The molecule has 0 saturated heterocycles. The van der Waals surface area contributed by atoms with Crippen molar-refractivity contribution in [2.24, 2.45) is 0 Å². The number of anilines is 1. The zero-order chi connectivity index (χ0) is 26.9. The molecule has 40 heavy (non-hydrogen) atoms. The highest BCUT2D eigenvalue weighted by Gasteiger charge is 2.34. The fraction of sp³-hybridized carbons (Fsp3) is 0.316. The van der Waals surface area contributed by atoms with Crippen LogP contribution in [0, 0.1) is 0 Å². The van der Waals surface area contributed by atoms with Crippen molar-refractivity contribution in [1.82, 2.24) is 0 Å². The third-order valence-corrected chi connectivity index (χ3v) is 13.0. The summed E-state index contributed by atoms with van der Waals surface area (Å²) >= 11 is 0. The molecule has 2 fully saturated rings. The lowest BCUT2D eigenvalue weighted by Gasteiger charge is -2.40. The summed E-state index contributed by atoms with van der Waals surface area (Å²) in [7, 11) is -0.277. The Kier molecular flexibility index (Phi) is 7.34. The Labute approximate surface area is 240 Å². The molecule has 2 aliphatic rings. The largest absolute Gasteiger partial charge is 0.399 e.